The number of nitrogens with one attached hydrogen (secondary N) is 1. The van der Waals surface area contributed by atoms with Crippen molar-refractivity contribution < 1.29 is 14.6 Å². The summed E-state index contributed by atoms with van der Waals surface area (Å²) in [7, 11) is 3.32. The molecular weight excluding hydrogens is 306 g/mol. The maximum Gasteiger partial charge on any atom is 0.271 e. The molecule has 0 spiro atoms. The summed E-state index contributed by atoms with van der Waals surface area (Å²) < 4.78 is 5.34. The highest BCUT2D eigenvalue weighted by Gasteiger charge is 2.33. The van der Waals surface area contributed by atoms with Gasteiger partial charge in [0.1, 0.15) is 11.4 Å². The number of rotatable bonds is 5. The first-order valence-corrected chi connectivity index (χ1v) is 8.19. The van der Waals surface area contributed by atoms with Crippen molar-refractivity contribution >= 4 is 5.91 Å². The lowest BCUT2D eigenvalue weighted by atomic mass is 10.0. The third-order valence-corrected chi connectivity index (χ3v) is 4.60. The number of carbonyl (C=O) groups is 1. The van der Waals surface area contributed by atoms with E-state index in [-0.39, 0.29) is 5.91 Å². The molecule has 2 aromatic rings. The fourth-order valence-corrected chi connectivity index (χ4v) is 3.34. The number of carbonyl (C=O) groups excluding carboxylic acids is 1. The molecule has 24 heavy (non-hydrogen) atoms. The zero-order chi connectivity index (χ0) is 17.2. The molecule has 0 bridgehead atoms. The molecule has 6 heteroatoms. The van der Waals surface area contributed by atoms with E-state index in [4.69, 9.17) is 4.74 Å². The normalized spacial score (nSPS) is 16.1. The van der Waals surface area contributed by atoms with Gasteiger partial charge in [-0.1, -0.05) is 25.0 Å². The molecule has 1 aromatic heterocycles. The summed E-state index contributed by atoms with van der Waals surface area (Å²) in [5, 5.41) is 17.5. The second-order valence-electron chi connectivity index (χ2n) is 6.46. The fourth-order valence-electron chi connectivity index (χ4n) is 3.34. The molecule has 2 N–H and O–H groups in total. The summed E-state index contributed by atoms with van der Waals surface area (Å²) in [4.78, 5) is 14.1. The van der Waals surface area contributed by atoms with E-state index in [0.29, 0.717) is 23.7 Å². The first kappa shape index (κ1) is 16.5. The van der Waals surface area contributed by atoms with E-state index in [1.54, 1.807) is 25.1 Å². The Bertz CT molecular complexity index is 720. The maximum atomic E-state index is 12.6. The Morgan fingerprint density at radius 1 is 1.38 bits per heavy atom. The van der Waals surface area contributed by atoms with Crippen LogP contribution in [0.3, 0.4) is 0 Å². The van der Waals surface area contributed by atoms with E-state index < -0.39 is 5.60 Å². The van der Waals surface area contributed by atoms with Gasteiger partial charge in [0.25, 0.3) is 5.91 Å². The molecule has 0 saturated heterocycles. The standard InChI is InChI=1S/C18H23N3O3/c1-21(12-18(23)9-5-6-10-18)17(22)15-11-14(19-20-15)13-7-3-4-8-16(13)24-2/h3-4,7-8,11,23H,5-6,9-10,12H2,1-2H3,(H,19,20). The number of H-pyrrole nitrogens is 1. The van der Waals surface area contributed by atoms with Crippen LogP contribution in [0.5, 0.6) is 5.75 Å². The second-order valence-corrected chi connectivity index (χ2v) is 6.46. The molecule has 1 aliphatic carbocycles. The predicted molar refractivity (Wildman–Crippen MR) is 91.0 cm³/mol. The lowest BCUT2D eigenvalue weighted by Gasteiger charge is -2.28. The number of para-hydroxylation sites is 1. The summed E-state index contributed by atoms with van der Waals surface area (Å²) >= 11 is 0. The number of methoxy groups -OCH3 is 1. The average molecular weight is 329 g/mol. The number of hydrogen-bond donors (Lipinski definition) is 2. The van der Waals surface area contributed by atoms with Gasteiger partial charge in [0.2, 0.25) is 0 Å². The summed E-state index contributed by atoms with van der Waals surface area (Å²) in [5.41, 5.74) is 1.13. The van der Waals surface area contributed by atoms with Crippen LogP contribution in [0.15, 0.2) is 30.3 Å². The lowest BCUT2D eigenvalue weighted by Crippen LogP contribution is -2.42. The van der Waals surface area contributed by atoms with Crippen LogP contribution in [0.4, 0.5) is 0 Å². The average Bonchev–Trinajstić information content (AvgIpc) is 3.23. The minimum absolute atomic E-state index is 0.177. The van der Waals surface area contributed by atoms with Crippen molar-refractivity contribution in [3.63, 3.8) is 0 Å². The number of aliphatic hydroxyl groups is 1. The largest absolute Gasteiger partial charge is 0.496 e. The lowest BCUT2D eigenvalue weighted by molar-refractivity contribution is 0.0155. The molecule has 1 saturated carbocycles. The van der Waals surface area contributed by atoms with Gasteiger partial charge in [-0.2, -0.15) is 5.10 Å². The Morgan fingerprint density at radius 3 is 2.79 bits per heavy atom. The molecule has 1 heterocycles. The molecule has 6 nitrogen and oxygen atoms in total. The zero-order valence-electron chi connectivity index (χ0n) is 14.1. The van der Waals surface area contributed by atoms with Crippen molar-refractivity contribution in [1.82, 2.24) is 15.1 Å². The summed E-state index contributed by atoms with van der Waals surface area (Å²) in [5.74, 6) is 0.528. The van der Waals surface area contributed by atoms with Crippen LogP contribution in [-0.2, 0) is 0 Å². The Hall–Kier alpha value is -2.34. The predicted octanol–water partition coefficient (Wildman–Crippen LogP) is 2.46. The minimum atomic E-state index is -0.754. The van der Waals surface area contributed by atoms with E-state index >= 15 is 0 Å². The van der Waals surface area contributed by atoms with Crippen molar-refractivity contribution in [3.8, 4) is 17.0 Å². The number of amides is 1. The van der Waals surface area contributed by atoms with Gasteiger partial charge in [0, 0.05) is 19.2 Å². The van der Waals surface area contributed by atoms with Crippen LogP contribution in [0, 0.1) is 0 Å². The van der Waals surface area contributed by atoms with E-state index in [9.17, 15) is 9.90 Å². The smallest absolute Gasteiger partial charge is 0.271 e. The van der Waals surface area contributed by atoms with Crippen LogP contribution < -0.4 is 4.74 Å². The van der Waals surface area contributed by atoms with Crippen molar-refractivity contribution in [3.05, 3.63) is 36.0 Å². The molecule has 1 aromatic carbocycles. The number of likely N-dealkylation sites (N-methyl/N-ethyl adjacent to an activating group) is 1. The van der Waals surface area contributed by atoms with Gasteiger partial charge in [-0.25, -0.2) is 0 Å². The van der Waals surface area contributed by atoms with Gasteiger partial charge in [-0.05, 0) is 31.0 Å². The van der Waals surface area contributed by atoms with Crippen molar-refractivity contribution in [2.24, 2.45) is 0 Å². The highest BCUT2D eigenvalue weighted by atomic mass is 16.5. The fraction of sp³-hybridized carbons (Fsp3) is 0.444. The molecular formula is C18H23N3O3. The minimum Gasteiger partial charge on any atom is -0.496 e. The molecule has 3 rings (SSSR count). The first-order chi connectivity index (χ1) is 11.5. The maximum absolute atomic E-state index is 12.6. The van der Waals surface area contributed by atoms with E-state index in [1.807, 2.05) is 24.3 Å². The molecule has 0 atom stereocenters. The summed E-state index contributed by atoms with van der Waals surface area (Å²) in [6.45, 7) is 0.342. The van der Waals surface area contributed by atoms with Crippen molar-refractivity contribution in [1.29, 1.82) is 0 Å². The topological polar surface area (TPSA) is 78.5 Å². The van der Waals surface area contributed by atoms with Gasteiger partial charge in [-0.15, -0.1) is 0 Å². The highest BCUT2D eigenvalue weighted by molar-refractivity contribution is 5.93. The quantitative estimate of drug-likeness (QED) is 0.883. The molecule has 0 aliphatic heterocycles. The SMILES string of the molecule is COc1ccccc1-c1cc(C(=O)N(C)CC2(O)CCCC2)[nH]n1. The third-order valence-electron chi connectivity index (χ3n) is 4.60. The summed E-state index contributed by atoms with van der Waals surface area (Å²) in [6.07, 6.45) is 3.53. The van der Waals surface area contributed by atoms with Crippen molar-refractivity contribution in [2.75, 3.05) is 20.7 Å². The second kappa shape index (κ2) is 6.65. The van der Waals surface area contributed by atoms with Gasteiger partial charge in [-0.3, -0.25) is 9.89 Å². The van der Waals surface area contributed by atoms with Gasteiger partial charge in [0.15, 0.2) is 0 Å². The number of aromatic amines is 1. The molecule has 0 unspecified atom stereocenters. The Morgan fingerprint density at radius 2 is 2.08 bits per heavy atom. The number of hydrogen-bond acceptors (Lipinski definition) is 4. The number of aromatic nitrogens is 2. The molecule has 0 radical (unpaired) electrons. The zero-order valence-corrected chi connectivity index (χ0v) is 14.1. The Balaban J connectivity index is 1.76. The Kier molecular flexibility index (Phi) is 4.57. The molecule has 1 fully saturated rings. The van der Waals surface area contributed by atoms with Gasteiger partial charge >= 0.3 is 0 Å². The molecule has 1 aliphatic rings. The van der Waals surface area contributed by atoms with E-state index in [2.05, 4.69) is 10.2 Å². The van der Waals surface area contributed by atoms with E-state index in [0.717, 1.165) is 31.2 Å². The monoisotopic (exact) mass is 329 g/mol. The van der Waals surface area contributed by atoms with Gasteiger partial charge in [0.05, 0.1) is 18.4 Å². The van der Waals surface area contributed by atoms with Crippen LogP contribution in [0.1, 0.15) is 36.2 Å². The van der Waals surface area contributed by atoms with E-state index in [1.165, 1.54) is 0 Å². The molecule has 1 amide bonds. The van der Waals surface area contributed by atoms with Crippen LogP contribution in [0.25, 0.3) is 11.3 Å². The van der Waals surface area contributed by atoms with Crippen molar-refractivity contribution in [2.45, 2.75) is 31.3 Å². The third kappa shape index (κ3) is 3.28. The Labute approximate surface area is 141 Å². The van der Waals surface area contributed by atoms with Crippen LogP contribution >= 0.6 is 0 Å². The van der Waals surface area contributed by atoms with Crippen LogP contribution in [-0.4, -0.2) is 52.4 Å². The first-order valence-electron chi connectivity index (χ1n) is 8.19. The number of ether oxygens (including phenoxy) is 1. The number of nitrogens with zero attached hydrogens (tertiary/aromatic N) is 2. The summed E-state index contributed by atoms with van der Waals surface area (Å²) in [6, 6.07) is 9.25. The highest BCUT2D eigenvalue weighted by Crippen LogP contribution is 2.31. The van der Waals surface area contributed by atoms with Gasteiger partial charge < -0.3 is 14.7 Å². The van der Waals surface area contributed by atoms with Crippen LogP contribution in [0.2, 0.25) is 0 Å². The molecule has 128 valence electrons. The number of benzene rings is 1.